The van der Waals surface area contributed by atoms with E-state index in [1.54, 1.807) is 48.7 Å². The van der Waals surface area contributed by atoms with Crippen molar-refractivity contribution in [2.75, 3.05) is 5.32 Å². The number of sulfonamides is 1. The number of aryl methyl sites for hydroxylation is 1. The van der Waals surface area contributed by atoms with Gasteiger partial charge in [-0.05, 0) is 60.9 Å². The minimum absolute atomic E-state index is 0.0807. The van der Waals surface area contributed by atoms with Gasteiger partial charge >= 0.3 is 0 Å². The van der Waals surface area contributed by atoms with E-state index in [2.05, 4.69) is 24.6 Å². The Morgan fingerprint density at radius 1 is 0.868 bits per heavy atom. The van der Waals surface area contributed by atoms with E-state index >= 15 is 0 Å². The second-order valence-electron chi connectivity index (χ2n) is 8.95. The molecule has 2 N–H and O–H groups in total. The maximum atomic E-state index is 13.3. The number of rotatable bonds is 9. The SMILES string of the molecule is Cc1nc2ccccc2n1Cc1ccc(S(=O)(=O)N[C@@H](Cc2ccccc2)C(=O)Nc2ccccn2)cc1. The summed E-state index contributed by atoms with van der Waals surface area (Å²) in [5.41, 5.74) is 3.70. The van der Waals surface area contributed by atoms with Crippen molar-refractivity contribution in [3.63, 3.8) is 0 Å². The lowest BCUT2D eigenvalue weighted by molar-refractivity contribution is -0.117. The number of nitrogens with one attached hydrogen (secondary N) is 2. The predicted octanol–water partition coefficient (Wildman–Crippen LogP) is 4.32. The maximum absolute atomic E-state index is 13.3. The Balaban J connectivity index is 1.35. The summed E-state index contributed by atoms with van der Waals surface area (Å²) < 4.78 is 31.3. The van der Waals surface area contributed by atoms with Gasteiger partial charge in [-0.25, -0.2) is 18.4 Å². The van der Waals surface area contributed by atoms with Crippen LogP contribution in [0.3, 0.4) is 0 Å². The number of para-hydroxylation sites is 2. The molecule has 2 heterocycles. The number of nitrogens with zero attached hydrogens (tertiary/aromatic N) is 3. The van der Waals surface area contributed by atoms with Crippen molar-refractivity contribution in [3.8, 4) is 0 Å². The Labute approximate surface area is 221 Å². The first kappa shape index (κ1) is 25.3. The molecule has 0 aliphatic heterocycles. The number of pyridine rings is 1. The highest BCUT2D eigenvalue weighted by Crippen LogP contribution is 2.19. The fourth-order valence-electron chi connectivity index (χ4n) is 4.30. The summed E-state index contributed by atoms with van der Waals surface area (Å²) in [5, 5.41) is 2.70. The van der Waals surface area contributed by atoms with Crippen LogP contribution in [-0.2, 0) is 27.8 Å². The molecule has 1 atom stereocenters. The van der Waals surface area contributed by atoms with Crippen LogP contribution in [0.4, 0.5) is 5.82 Å². The summed E-state index contributed by atoms with van der Waals surface area (Å²) >= 11 is 0. The molecular formula is C29H27N5O3S. The van der Waals surface area contributed by atoms with Crippen LogP contribution in [0.15, 0.2) is 108 Å². The third-order valence-electron chi connectivity index (χ3n) is 6.23. The fourth-order valence-corrected chi connectivity index (χ4v) is 5.49. The number of imidazole rings is 1. The zero-order chi connectivity index (χ0) is 26.5. The van der Waals surface area contributed by atoms with Gasteiger partial charge in [-0.1, -0.05) is 60.7 Å². The zero-order valence-corrected chi connectivity index (χ0v) is 21.6. The number of aromatic nitrogens is 3. The molecule has 0 fully saturated rings. The number of fused-ring (bicyclic) bond motifs is 1. The van der Waals surface area contributed by atoms with Crippen LogP contribution in [0.5, 0.6) is 0 Å². The van der Waals surface area contributed by atoms with Gasteiger partial charge in [0.2, 0.25) is 15.9 Å². The molecule has 0 aliphatic carbocycles. The predicted molar refractivity (Wildman–Crippen MR) is 147 cm³/mol. The largest absolute Gasteiger partial charge is 0.324 e. The van der Waals surface area contributed by atoms with Crippen molar-refractivity contribution in [1.29, 1.82) is 0 Å². The van der Waals surface area contributed by atoms with E-state index in [4.69, 9.17) is 0 Å². The van der Waals surface area contributed by atoms with Gasteiger partial charge in [0.25, 0.3) is 0 Å². The van der Waals surface area contributed by atoms with Gasteiger partial charge in [0.15, 0.2) is 0 Å². The van der Waals surface area contributed by atoms with Crippen molar-refractivity contribution in [1.82, 2.24) is 19.3 Å². The maximum Gasteiger partial charge on any atom is 0.244 e. The molecule has 9 heteroatoms. The molecule has 0 bridgehead atoms. The van der Waals surface area contributed by atoms with Gasteiger partial charge in [0, 0.05) is 12.7 Å². The molecule has 3 aromatic carbocycles. The van der Waals surface area contributed by atoms with Crippen LogP contribution >= 0.6 is 0 Å². The first-order valence-electron chi connectivity index (χ1n) is 12.2. The molecule has 5 rings (SSSR count). The van der Waals surface area contributed by atoms with Crippen LogP contribution in [0.2, 0.25) is 0 Å². The van der Waals surface area contributed by atoms with Crippen molar-refractivity contribution in [3.05, 3.63) is 120 Å². The number of carbonyl (C=O) groups is 1. The highest BCUT2D eigenvalue weighted by atomic mass is 32.2. The van der Waals surface area contributed by atoms with Gasteiger partial charge in [0.1, 0.15) is 17.7 Å². The molecule has 192 valence electrons. The van der Waals surface area contributed by atoms with Crippen LogP contribution in [0.25, 0.3) is 11.0 Å². The van der Waals surface area contributed by atoms with Gasteiger partial charge < -0.3 is 9.88 Å². The molecule has 38 heavy (non-hydrogen) atoms. The highest BCUT2D eigenvalue weighted by Gasteiger charge is 2.26. The molecule has 1 amide bonds. The van der Waals surface area contributed by atoms with Crippen LogP contribution in [0, 0.1) is 6.92 Å². The second-order valence-corrected chi connectivity index (χ2v) is 10.7. The number of hydrogen-bond acceptors (Lipinski definition) is 5. The van der Waals surface area contributed by atoms with E-state index in [1.807, 2.05) is 61.5 Å². The number of benzene rings is 3. The van der Waals surface area contributed by atoms with Crippen molar-refractivity contribution >= 4 is 32.8 Å². The average Bonchev–Trinajstić information content (AvgIpc) is 3.24. The molecule has 2 aromatic heterocycles. The Kier molecular flexibility index (Phi) is 7.30. The molecule has 8 nitrogen and oxygen atoms in total. The first-order chi connectivity index (χ1) is 18.4. The van der Waals surface area contributed by atoms with Gasteiger partial charge in [-0.3, -0.25) is 4.79 Å². The second kappa shape index (κ2) is 11.0. The molecule has 0 spiro atoms. The standard InChI is InChI=1S/C29H27N5O3S/c1-21-31-25-11-5-6-12-27(25)34(21)20-23-14-16-24(17-15-23)38(36,37)33-26(19-22-9-3-2-4-10-22)29(35)32-28-13-7-8-18-30-28/h2-18,26,33H,19-20H2,1H3,(H,30,32,35)/t26-/m0/s1. The van der Waals surface area contributed by atoms with E-state index in [9.17, 15) is 13.2 Å². The summed E-state index contributed by atoms with van der Waals surface area (Å²) in [5.74, 6) is 0.740. The Morgan fingerprint density at radius 2 is 1.58 bits per heavy atom. The average molecular weight is 526 g/mol. The topological polar surface area (TPSA) is 106 Å². The summed E-state index contributed by atoms with van der Waals surface area (Å²) in [6.07, 6.45) is 1.74. The van der Waals surface area contributed by atoms with Crippen molar-refractivity contribution < 1.29 is 13.2 Å². The molecule has 5 aromatic rings. The van der Waals surface area contributed by atoms with E-state index < -0.39 is 22.0 Å². The molecule has 0 saturated carbocycles. The lowest BCUT2D eigenvalue weighted by atomic mass is 10.1. The van der Waals surface area contributed by atoms with Crippen LogP contribution in [0.1, 0.15) is 17.0 Å². The summed E-state index contributed by atoms with van der Waals surface area (Å²) in [6.45, 7) is 2.51. The van der Waals surface area contributed by atoms with E-state index in [-0.39, 0.29) is 11.3 Å². The molecule has 0 radical (unpaired) electrons. The smallest absolute Gasteiger partial charge is 0.244 e. The monoisotopic (exact) mass is 525 g/mol. The van der Waals surface area contributed by atoms with E-state index in [0.29, 0.717) is 12.4 Å². The highest BCUT2D eigenvalue weighted by molar-refractivity contribution is 7.89. The van der Waals surface area contributed by atoms with Crippen LogP contribution < -0.4 is 10.0 Å². The molecular weight excluding hydrogens is 498 g/mol. The van der Waals surface area contributed by atoms with Crippen molar-refractivity contribution in [2.45, 2.75) is 30.8 Å². The van der Waals surface area contributed by atoms with Gasteiger partial charge in [0.05, 0.1) is 15.9 Å². The number of amides is 1. The normalized spacial score (nSPS) is 12.3. The van der Waals surface area contributed by atoms with E-state index in [0.717, 1.165) is 28.0 Å². The molecule has 0 unspecified atom stereocenters. The van der Waals surface area contributed by atoms with Crippen LogP contribution in [-0.4, -0.2) is 34.9 Å². The third kappa shape index (κ3) is 5.80. The number of anilines is 1. The molecule has 0 saturated heterocycles. The number of carbonyl (C=O) groups excluding carboxylic acids is 1. The quantitative estimate of drug-likeness (QED) is 0.298. The molecule has 0 aliphatic rings. The van der Waals surface area contributed by atoms with Crippen molar-refractivity contribution in [2.24, 2.45) is 0 Å². The Morgan fingerprint density at radius 3 is 2.32 bits per heavy atom. The van der Waals surface area contributed by atoms with Gasteiger partial charge in [-0.2, -0.15) is 4.72 Å². The Hall–Kier alpha value is -4.34. The lowest BCUT2D eigenvalue weighted by Gasteiger charge is -2.19. The van der Waals surface area contributed by atoms with E-state index in [1.165, 1.54) is 0 Å². The third-order valence-corrected chi connectivity index (χ3v) is 7.72. The lowest BCUT2D eigenvalue weighted by Crippen LogP contribution is -2.45. The first-order valence-corrected chi connectivity index (χ1v) is 13.7. The Bertz CT molecular complexity index is 1650. The summed E-state index contributed by atoms with van der Waals surface area (Å²) in [4.78, 5) is 21.9. The summed E-state index contributed by atoms with van der Waals surface area (Å²) in [7, 11) is -3.99. The van der Waals surface area contributed by atoms with Gasteiger partial charge in [-0.15, -0.1) is 0 Å². The minimum Gasteiger partial charge on any atom is -0.324 e. The zero-order valence-electron chi connectivity index (χ0n) is 20.8. The fraction of sp³-hybridized carbons (Fsp3) is 0.138. The minimum atomic E-state index is -3.99. The number of hydrogen-bond donors (Lipinski definition) is 2. The summed E-state index contributed by atoms with van der Waals surface area (Å²) in [6, 6.07) is 27.9.